The maximum Gasteiger partial charge on any atom is 0.248 e. The van der Waals surface area contributed by atoms with Crippen LogP contribution in [0.25, 0.3) is 32.5 Å². The van der Waals surface area contributed by atoms with Crippen LogP contribution >= 0.6 is 11.3 Å². The highest BCUT2D eigenvalue weighted by molar-refractivity contribution is 7.19. The van der Waals surface area contributed by atoms with E-state index in [-0.39, 0.29) is 31.3 Å². The molecule has 1 aliphatic rings. The van der Waals surface area contributed by atoms with E-state index >= 15 is 0 Å². The minimum Gasteiger partial charge on any atom is -0.396 e. The van der Waals surface area contributed by atoms with Crippen molar-refractivity contribution in [1.29, 1.82) is 0 Å². The molecule has 4 aromatic heterocycles. The second kappa shape index (κ2) is 6.53. The van der Waals surface area contributed by atoms with Crippen LogP contribution < -0.4 is 0 Å². The van der Waals surface area contributed by atoms with Crippen LogP contribution in [-0.4, -0.2) is 37.4 Å². The molecule has 1 N–H and O–H groups in total. The van der Waals surface area contributed by atoms with Crippen LogP contribution in [-0.2, 0) is 7.05 Å². The van der Waals surface area contributed by atoms with E-state index in [0.717, 1.165) is 37.3 Å². The molecule has 4 heterocycles. The van der Waals surface area contributed by atoms with Crippen molar-refractivity contribution >= 4 is 32.6 Å². The molecular formula is C21H20F2N4OS. The molecule has 4 aromatic rings. The van der Waals surface area contributed by atoms with Gasteiger partial charge in [-0.3, -0.25) is 4.68 Å². The standard InChI is InChI=1S/C21H20F2N4OS/c1-11-15-3-4-17(12-5-13-9-27(2)26-19(13)24-8-12)25-20(15)29-18(11)16(10-28)14-6-21(22,23)7-14/h3-5,8-9,14,16,28H,6-7,10H2,1-2H3. The van der Waals surface area contributed by atoms with E-state index < -0.39 is 5.92 Å². The number of aliphatic hydroxyl groups excluding tert-OH is 1. The Bertz CT molecular complexity index is 1220. The molecule has 0 saturated heterocycles. The summed E-state index contributed by atoms with van der Waals surface area (Å²) in [4.78, 5) is 11.0. The van der Waals surface area contributed by atoms with Crippen LogP contribution in [0.1, 0.15) is 29.2 Å². The highest BCUT2D eigenvalue weighted by Crippen LogP contribution is 2.51. The number of hydrogen-bond acceptors (Lipinski definition) is 5. The largest absolute Gasteiger partial charge is 0.396 e. The van der Waals surface area contributed by atoms with E-state index in [4.69, 9.17) is 4.98 Å². The van der Waals surface area contributed by atoms with Crippen LogP contribution in [0.4, 0.5) is 8.78 Å². The fourth-order valence-electron chi connectivity index (χ4n) is 4.24. The van der Waals surface area contributed by atoms with E-state index in [1.165, 1.54) is 11.3 Å². The van der Waals surface area contributed by atoms with Crippen LogP contribution in [0.5, 0.6) is 0 Å². The van der Waals surface area contributed by atoms with Gasteiger partial charge in [-0.1, -0.05) is 0 Å². The van der Waals surface area contributed by atoms with Gasteiger partial charge in [-0.15, -0.1) is 11.3 Å². The van der Waals surface area contributed by atoms with E-state index in [2.05, 4.69) is 10.1 Å². The number of fused-ring (bicyclic) bond motifs is 2. The molecule has 5 nitrogen and oxygen atoms in total. The van der Waals surface area contributed by atoms with Gasteiger partial charge in [-0.05, 0) is 36.6 Å². The lowest BCUT2D eigenvalue weighted by Gasteiger charge is -2.39. The first-order valence-corrected chi connectivity index (χ1v) is 10.3. The SMILES string of the molecule is Cc1c(C(CO)C2CC(F)(F)C2)sc2nc(-c3cnc4nn(C)cc4c3)ccc12. The predicted octanol–water partition coefficient (Wildman–Crippen LogP) is 4.67. The van der Waals surface area contributed by atoms with Crippen molar-refractivity contribution in [2.75, 3.05) is 6.61 Å². The molecule has 0 spiro atoms. The molecular weight excluding hydrogens is 394 g/mol. The molecule has 1 unspecified atom stereocenters. The Balaban J connectivity index is 1.53. The highest BCUT2D eigenvalue weighted by atomic mass is 32.1. The van der Waals surface area contributed by atoms with Gasteiger partial charge < -0.3 is 5.11 Å². The van der Waals surface area contributed by atoms with Crippen molar-refractivity contribution in [2.45, 2.75) is 31.6 Å². The number of pyridine rings is 2. The third kappa shape index (κ3) is 3.11. The van der Waals surface area contributed by atoms with Gasteiger partial charge in [0, 0.05) is 59.4 Å². The van der Waals surface area contributed by atoms with Crippen LogP contribution in [0.15, 0.2) is 30.6 Å². The third-order valence-electron chi connectivity index (χ3n) is 5.83. The molecule has 29 heavy (non-hydrogen) atoms. The molecule has 0 bridgehead atoms. The lowest BCUT2D eigenvalue weighted by atomic mass is 9.72. The van der Waals surface area contributed by atoms with Crippen molar-refractivity contribution in [2.24, 2.45) is 13.0 Å². The van der Waals surface area contributed by atoms with Crippen molar-refractivity contribution in [1.82, 2.24) is 19.7 Å². The molecule has 0 amide bonds. The van der Waals surface area contributed by atoms with E-state index in [1.807, 2.05) is 38.4 Å². The van der Waals surface area contributed by atoms with Crippen LogP contribution in [0.2, 0.25) is 0 Å². The van der Waals surface area contributed by atoms with Gasteiger partial charge in [-0.2, -0.15) is 5.10 Å². The summed E-state index contributed by atoms with van der Waals surface area (Å²) in [6.45, 7) is 1.86. The predicted molar refractivity (Wildman–Crippen MR) is 109 cm³/mol. The maximum atomic E-state index is 13.4. The van der Waals surface area contributed by atoms with Gasteiger partial charge in [0.15, 0.2) is 5.65 Å². The number of aromatic nitrogens is 4. The molecule has 1 fully saturated rings. The van der Waals surface area contributed by atoms with E-state index in [1.54, 1.807) is 10.9 Å². The van der Waals surface area contributed by atoms with Gasteiger partial charge in [0.25, 0.3) is 0 Å². The summed E-state index contributed by atoms with van der Waals surface area (Å²) in [6, 6.07) is 5.98. The molecule has 5 rings (SSSR count). The van der Waals surface area contributed by atoms with Gasteiger partial charge >= 0.3 is 0 Å². The average molecular weight is 414 g/mol. The summed E-state index contributed by atoms with van der Waals surface area (Å²) in [7, 11) is 1.86. The normalized spacial score (nSPS) is 17.7. The lowest BCUT2D eigenvalue weighted by molar-refractivity contribution is -0.120. The first-order valence-electron chi connectivity index (χ1n) is 9.53. The number of nitrogens with zero attached hydrogens (tertiary/aromatic N) is 4. The minimum atomic E-state index is -2.59. The summed E-state index contributed by atoms with van der Waals surface area (Å²) in [5.41, 5.74) is 3.42. The zero-order valence-electron chi connectivity index (χ0n) is 16.1. The van der Waals surface area contributed by atoms with Crippen molar-refractivity contribution in [3.05, 3.63) is 41.0 Å². The summed E-state index contributed by atoms with van der Waals surface area (Å²) >= 11 is 1.50. The Morgan fingerprint density at radius 2 is 2.14 bits per heavy atom. The van der Waals surface area contributed by atoms with E-state index in [9.17, 15) is 13.9 Å². The first kappa shape index (κ1) is 18.6. The monoisotopic (exact) mass is 414 g/mol. The Morgan fingerprint density at radius 1 is 1.34 bits per heavy atom. The second-order valence-corrected chi connectivity index (χ2v) is 8.92. The lowest BCUT2D eigenvalue weighted by Crippen LogP contribution is -2.39. The molecule has 0 aromatic carbocycles. The van der Waals surface area contributed by atoms with Crippen LogP contribution in [0.3, 0.4) is 0 Å². The molecule has 8 heteroatoms. The summed E-state index contributed by atoms with van der Waals surface area (Å²) in [5.74, 6) is -3.03. The zero-order chi connectivity index (χ0) is 20.3. The Hall–Kier alpha value is -2.45. The molecule has 1 atom stereocenters. The smallest absolute Gasteiger partial charge is 0.248 e. The average Bonchev–Trinajstić information content (AvgIpc) is 3.19. The zero-order valence-corrected chi connectivity index (χ0v) is 16.9. The van der Waals surface area contributed by atoms with Crippen molar-refractivity contribution < 1.29 is 13.9 Å². The summed E-state index contributed by atoms with van der Waals surface area (Å²) in [6.07, 6.45) is 3.37. The number of rotatable bonds is 4. The van der Waals surface area contributed by atoms with Gasteiger partial charge in [0.05, 0.1) is 12.3 Å². The van der Waals surface area contributed by atoms with Crippen molar-refractivity contribution in [3.8, 4) is 11.3 Å². The molecule has 1 aliphatic carbocycles. The number of aliphatic hydroxyl groups is 1. The van der Waals surface area contributed by atoms with Crippen molar-refractivity contribution in [3.63, 3.8) is 0 Å². The Kier molecular flexibility index (Phi) is 4.18. The summed E-state index contributed by atoms with van der Waals surface area (Å²) in [5, 5.41) is 16.1. The minimum absolute atomic E-state index is 0.122. The first-order chi connectivity index (χ1) is 13.8. The molecule has 150 valence electrons. The van der Waals surface area contributed by atoms with Gasteiger partial charge in [0.2, 0.25) is 5.92 Å². The fraction of sp³-hybridized carbons (Fsp3) is 0.381. The van der Waals surface area contributed by atoms with Crippen LogP contribution in [0, 0.1) is 12.8 Å². The molecule has 1 saturated carbocycles. The Labute approximate surface area is 170 Å². The van der Waals surface area contributed by atoms with Gasteiger partial charge in [-0.25, -0.2) is 18.7 Å². The molecule has 0 radical (unpaired) electrons. The molecule has 0 aliphatic heterocycles. The fourth-order valence-corrected chi connectivity index (χ4v) is 5.61. The van der Waals surface area contributed by atoms with Gasteiger partial charge in [0.1, 0.15) is 4.83 Å². The number of alkyl halides is 2. The number of hydrogen-bond donors (Lipinski definition) is 1. The number of aryl methyl sites for hydroxylation is 2. The summed E-state index contributed by atoms with van der Waals surface area (Å²) < 4.78 is 28.4. The second-order valence-electron chi connectivity index (χ2n) is 7.89. The van der Waals surface area contributed by atoms with E-state index in [0.29, 0.717) is 5.65 Å². The highest BCUT2D eigenvalue weighted by Gasteiger charge is 2.49. The topological polar surface area (TPSA) is 63.8 Å². The quantitative estimate of drug-likeness (QED) is 0.527. The maximum absolute atomic E-state index is 13.4. The number of halogens is 2. The third-order valence-corrected chi connectivity index (χ3v) is 7.17. The number of thiophene rings is 1. The Morgan fingerprint density at radius 3 is 2.86 bits per heavy atom.